The highest BCUT2D eigenvalue weighted by Crippen LogP contribution is 2.32. The molecule has 0 aliphatic carbocycles. The van der Waals surface area contributed by atoms with Gasteiger partial charge in [-0.2, -0.15) is 13.2 Å². The SMILES string of the molecule is CC(O)(CNC(=O)CCC(F)(F)F)c1cc2ccccc2s1. The van der Waals surface area contributed by atoms with Crippen LogP contribution < -0.4 is 5.32 Å². The molecular formula is C15H16F3NO2S. The molecule has 2 N–H and O–H groups in total. The molecule has 1 unspecified atom stereocenters. The largest absolute Gasteiger partial charge is 0.389 e. The summed E-state index contributed by atoms with van der Waals surface area (Å²) in [6.45, 7) is 1.40. The number of aliphatic hydroxyl groups is 1. The Balaban J connectivity index is 1.97. The van der Waals surface area contributed by atoms with Crippen LogP contribution in [0.15, 0.2) is 30.3 Å². The van der Waals surface area contributed by atoms with Gasteiger partial charge in [-0.05, 0) is 24.4 Å². The first-order chi connectivity index (χ1) is 10.2. The number of carbonyl (C=O) groups excluding carboxylic acids is 1. The summed E-state index contributed by atoms with van der Waals surface area (Å²) in [4.78, 5) is 12.1. The van der Waals surface area contributed by atoms with E-state index >= 15 is 0 Å². The molecule has 120 valence electrons. The quantitative estimate of drug-likeness (QED) is 0.880. The van der Waals surface area contributed by atoms with Crippen molar-refractivity contribution >= 4 is 27.3 Å². The number of benzene rings is 1. The Labute approximate surface area is 129 Å². The summed E-state index contributed by atoms with van der Waals surface area (Å²) in [7, 11) is 0. The predicted octanol–water partition coefficient (Wildman–Crippen LogP) is 3.57. The van der Waals surface area contributed by atoms with Gasteiger partial charge in [-0.25, -0.2) is 0 Å². The summed E-state index contributed by atoms with van der Waals surface area (Å²) in [5, 5.41) is 13.8. The van der Waals surface area contributed by atoms with Crippen LogP contribution in [0.1, 0.15) is 24.6 Å². The number of hydrogen-bond donors (Lipinski definition) is 2. The van der Waals surface area contributed by atoms with Crippen LogP contribution in [0.4, 0.5) is 13.2 Å². The van der Waals surface area contributed by atoms with Crippen molar-refractivity contribution in [2.75, 3.05) is 6.54 Å². The van der Waals surface area contributed by atoms with E-state index < -0.39 is 30.5 Å². The lowest BCUT2D eigenvalue weighted by Gasteiger charge is -2.22. The zero-order valence-electron chi connectivity index (χ0n) is 11.9. The van der Waals surface area contributed by atoms with Crippen molar-refractivity contribution in [3.8, 4) is 0 Å². The Hall–Kier alpha value is -1.60. The van der Waals surface area contributed by atoms with Crippen LogP contribution >= 0.6 is 11.3 Å². The van der Waals surface area contributed by atoms with Gasteiger partial charge in [0, 0.05) is 16.0 Å². The molecule has 1 heterocycles. The van der Waals surface area contributed by atoms with Crippen molar-refractivity contribution in [1.82, 2.24) is 5.32 Å². The number of nitrogens with one attached hydrogen (secondary N) is 1. The zero-order valence-corrected chi connectivity index (χ0v) is 12.7. The number of halogens is 3. The van der Waals surface area contributed by atoms with Crippen LogP contribution in [0, 0.1) is 0 Å². The van der Waals surface area contributed by atoms with Crippen molar-refractivity contribution in [1.29, 1.82) is 0 Å². The van der Waals surface area contributed by atoms with E-state index in [0.29, 0.717) is 4.88 Å². The lowest BCUT2D eigenvalue weighted by Crippen LogP contribution is -2.38. The highest BCUT2D eigenvalue weighted by Gasteiger charge is 2.29. The second kappa shape index (κ2) is 6.26. The molecule has 2 aromatic rings. The van der Waals surface area contributed by atoms with Crippen LogP contribution in [0.25, 0.3) is 10.1 Å². The zero-order chi connectivity index (χ0) is 16.4. The molecule has 1 amide bonds. The average Bonchev–Trinajstić information content (AvgIpc) is 2.87. The van der Waals surface area contributed by atoms with Crippen LogP contribution in [0.3, 0.4) is 0 Å². The fraction of sp³-hybridized carbons (Fsp3) is 0.400. The molecular weight excluding hydrogens is 315 g/mol. The molecule has 0 aliphatic heterocycles. The molecule has 0 radical (unpaired) electrons. The van der Waals surface area contributed by atoms with Gasteiger partial charge < -0.3 is 10.4 Å². The Bertz CT molecular complexity index is 631. The van der Waals surface area contributed by atoms with E-state index in [0.717, 1.165) is 10.1 Å². The minimum atomic E-state index is -4.36. The molecule has 1 atom stereocenters. The minimum absolute atomic E-state index is 0.128. The molecule has 0 aliphatic rings. The highest BCUT2D eigenvalue weighted by molar-refractivity contribution is 7.19. The summed E-state index contributed by atoms with van der Waals surface area (Å²) in [5.74, 6) is -0.723. The monoisotopic (exact) mass is 331 g/mol. The number of rotatable bonds is 5. The van der Waals surface area contributed by atoms with Gasteiger partial charge in [0.15, 0.2) is 0 Å². The Kier molecular flexibility index (Phi) is 4.77. The van der Waals surface area contributed by atoms with E-state index in [1.165, 1.54) is 18.3 Å². The normalized spacial score (nSPS) is 14.8. The lowest BCUT2D eigenvalue weighted by atomic mass is 10.0. The van der Waals surface area contributed by atoms with Crippen LogP contribution in [-0.2, 0) is 10.4 Å². The summed E-state index contributed by atoms with van der Waals surface area (Å²) in [6, 6.07) is 9.42. The third kappa shape index (κ3) is 4.45. The Morgan fingerprint density at radius 2 is 2.00 bits per heavy atom. The van der Waals surface area contributed by atoms with Gasteiger partial charge >= 0.3 is 6.18 Å². The Morgan fingerprint density at radius 3 is 2.64 bits per heavy atom. The Morgan fingerprint density at radius 1 is 1.32 bits per heavy atom. The molecule has 0 saturated carbocycles. The second-order valence-corrected chi connectivity index (χ2v) is 6.40. The summed E-state index contributed by atoms with van der Waals surface area (Å²) in [6.07, 6.45) is -6.15. The first-order valence-electron chi connectivity index (χ1n) is 6.72. The molecule has 7 heteroatoms. The predicted molar refractivity (Wildman–Crippen MR) is 79.7 cm³/mol. The second-order valence-electron chi connectivity index (χ2n) is 5.31. The molecule has 3 nitrogen and oxygen atoms in total. The fourth-order valence-corrected chi connectivity index (χ4v) is 3.06. The van der Waals surface area contributed by atoms with Gasteiger partial charge in [-0.15, -0.1) is 11.3 Å². The summed E-state index contributed by atoms with van der Waals surface area (Å²) >= 11 is 1.39. The first kappa shape index (κ1) is 16.8. The summed E-state index contributed by atoms with van der Waals surface area (Å²) in [5.41, 5.74) is -1.32. The van der Waals surface area contributed by atoms with Gasteiger partial charge in [-0.1, -0.05) is 18.2 Å². The number of alkyl halides is 3. The van der Waals surface area contributed by atoms with Crippen LogP contribution in [-0.4, -0.2) is 23.7 Å². The maximum Gasteiger partial charge on any atom is 0.389 e. The molecule has 2 rings (SSSR count). The van der Waals surface area contributed by atoms with Crippen molar-refractivity contribution < 1.29 is 23.1 Å². The van der Waals surface area contributed by atoms with Gasteiger partial charge in [0.2, 0.25) is 5.91 Å². The molecule has 1 aromatic carbocycles. The number of thiophene rings is 1. The summed E-state index contributed by atoms with van der Waals surface area (Å²) < 4.78 is 37.1. The van der Waals surface area contributed by atoms with Crippen molar-refractivity contribution in [2.24, 2.45) is 0 Å². The maximum absolute atomic E-state index is 12.0. The van der Waals surface area contributed by atoms with E-state index in [1.807, 2.05) is 30.3 Å². The average molecular weight is 331 g/mol. The van der Waals surface area contributed by atoms with Crippen LogP contribution in [0.5, 0.6) is 0 Å². The third-order valence-corrected chi connectivity index (χ3v) is 4.59. The molecule has 0 bridgehead atoms. The van der Waals surface area contributed by atoms with Gasteiger partial charge in [0.1, 0.15) is 5.60 Å². The van der Waals surface area contributed by atoms with Crippen LogP contribution in [0.2, 0.25) is 0 Å². The lowest BCUT2D eigenvalue weighted by molar-refractivity contribution is -0.144. The fourth-order valence-electron chi connectivity index (χ4n) is 1.95. The first-order valence-corrected chi connectivity index (χ1v) is 7.54. The molecule has 0 spiro atoms. The van der Waals surface area contributed by atoms with E-state index in [2.05, 4.69) is 5.32 Å². The molecule has 0 fully saturated rings. The van der Waals surface area contributed by atoms with Gasteiger partial charge in [0.05, 0.1) is 13.0 Å². The number of carbonyl (C=O) groups is 1. The topological polar surface area (TPSA) is 49.3 Å². The smallest absolute Gasteiger partial charge is 0.383 e. The van der Waals surface area contributed by atoms with E-state index in [4.69, 9.17) is 0 Å². The third-order valence-electron chi connectivity index (χ3n) is 3.22. The van der Waals surface area contributed by atoms with E-state index in [-0.39, 0.29) is 6.54 Å². The van der Waals surface area contributed by atoms with Crippen molar-refractivity contribution in [3.63, 3.8) is 0 Å². The molecule has 22 heavy (non-hydrogen) atoms. The highest BCUT2D eigenvalue weighted by atomic mass is 32.1. The van der Waals surface area contributed by atoms with Crippen molar-refractivity contribution in [3.05, 3.63) is 35.2 Å². The van der Waals surface area contributed by atoms with Gasteiger partial charge in [-0.3, -0.25) is 4.79 Å². The van der Waals surface area contributed by atoms with E-state index in [9.17, 15) is 23.1 Å². The van der Waals surface area contributed by atoms with Gasteiger partial charge in [0.25, 0.3) is 0 Å². The minimum Gasteiger partial charge on any atom is -0.383 e. The number of fused-ring (bicyclic) bond motifs is 1. The van der Waals surface area contributed by atoms with Crippen molar-refractivity contribution in [2.45, 2.75) is 31.5 Å². The number of hydrogen-bond acceptors (Lipinski definition) is 3. The molecule has 1 aromatic heterocycles. The maximum atomic E-state index is 12.0. The molecule has 0 saturated heterocycles. The van der Waals surface area contributed by atoms with E-state index in [1.54, 1.807) is 0 Å². The number of amides is 1. The standard InChI is InChI=1S/C15H16F3NO2S/c1-14(21,9-19-13(20)6-7-15(16,17)18)12-8-10-4-2-3-5-11(10)22-12/h2-5,8,21H,6-7,9H2,1H3,(H,19,20).